The summed E-state index contributed by atoms with van der Waals surface area (Å²) in [6.45, 7) is 0.715. The maximum atomic E-state index is 11.9. The summed E-state index contributed by atoms with van der Waals surface area (Å²) in [5, 5.41) is 7.70. The van der Waals surface area contributed by atoms with Crippen molar-refractivity contribution < 1.29 is 4.79 Å². The van der Waals surface area contributed by atoms with Crippen molar-refractivity contribution in [1.82, 2.24) is 24.7 Å². The van der Waals surface area contributed by atoms with Gasteiger partial charge in [0, 0.05) is 31.8 Å². The number of nitrogens with zero attached hydrogens (tertiary/aromatic N) is 6. The Morgan fingerprint density at radius 2 is 2.12 bits per heavy atom. The van der Waals surface area contributed by atoms with Gasteiger partial charge in [0.15, 0.2) is 0 Å². The highest BCUT2D eigenvalue weighted by molar-refractivity contribution is 6.32. The second-order valence-electron chi connectivity index (χ2n) is 6.00. The maximum Gasteiger partial charge on any atom is 0.227 e. The number of halogens is 1. The minimum absolute atomic E-state index is 0.116. The minimum Gasteiger partial charge on any atom is -0.323 e. The number of hydrogen-bond acceptors (Lipinski definition) is 6. The van der Waals surface area contributed by atoms with Crippen LogP contribution in [0.15, 0.2) is 37.1 Å². The van der Waals surface area contributed by atoms with E-state index in [1.807, 2.05) is 19.3 Å². The summed E-state index contributed by atoms with van der Waals surface area (Å²) in [6.07, 6.45) is 9.85. The van der Waals surface area contributed by atoms with Gasteiger partial charge in [-0.3, -0.25) is 14.5 Å². The summed E-state index contributed by atoms with van der Waals surface area (Å²) in [6, 6.07) is 1.86. The van der Waals surface area contributed by atoms with E-state index in [2.05, 4.69) is 25.4 Å². The summed E-state index contributed by atoms with van der Waals surface area (Å²) in [5.41, 5.74) is 2.86. The van der Waals surface area contributed by atoms with Crippen molar-refractivity contribution in [3.05, 3.63) is 42.1 Å². The van der Waals surface area contributed by atoms with Gasteiger partial charge >= 0.3 is 0 Å². The van der Waals surface area contributed by atoms with Crippen molar-refractivity contribution in [1.29, 1.82) is 0 Å². The van der Waals surface area contributed by atoms with E-state index in [0.29, 0.717) is 35.3 Å². The lowest BCUT2D eigenvalue weighted by atomic mass is 10.2. The molecule has 0 spiro atoms. The van der Waals surface area contributed by atoms with E-state index in [0.717, 1.165) is 17.7 Å². The molecule has 0 aromatic carbocycles. The molecule has 4 heterocycles. The monoisotopic (exact) mass is 369 g/mol. The number of rotatable bonds is 4. The first-order valence-electron chi connectivity index (χ1n) is 8.14. The lowest BCUT2D eigenvalue weighted by Gasteiger charge is -2.16. The molecule has 9 heteroatoms. The fourth-order valence-corrected chi connectivity index (χ4v) is 3.07. The van der Waals surface area contributed by atoms with Crippen LogP contribution in [0, 0.1) is 0 Å². The fraction of sp³-hybridized carbons (Fsp3) is 0.235. The van der Waals surface area contributed by atoms with E-state index < -0.39 is 0 Å². The Labute approximate surface area is 154 Å². The van der Waals surface area contributed by atoms with Crippen LogP contribution in [-0.4, -0.2) is 37.2 Å². The molecule has 0 saturated carbocycles. The van der Waals surface area contributed by atoms with Crippen molar-refractivity contribution in [3.8, 4) is 11.3 Å². The predicted octanol–water partition coefficient (Wildman–Crippen LogP) is 2.80. The summed E-state index contributed by atoms with van der Waals surface area (Å²) < 4.78 is 1.68. The van der Waals surface area contributed by atoms with Gasteiger partial charge in [-0.1, -0.05) is 11.6 Å². The van der Waals surface area contributed by atoms with E-state index in [4.69, 9.17) is 11.6 Å². The zero-order valence-corrected chi connectivity index (χ0v) is 14.8. The fourth-order valence-electron chi connectivity index (χ4n) is 2.87. The Kier molecular flexibility index (Phi) is 4.26. The SMILES string of the molecule is Cn1cc(-c2nc(Nc3cncc(N4CCCC4=O)c3)ncc2Cl)cn1. The molecular weight excluding hydrogens is 354 g/mol. The van der Waals surface area contributed by atoms with Gasteiger partial charge in [0.25, 0.3) is 0 Å². The molecule has 1 aliphatic heterocycles. The molecule has 132 valence electrons. The first-order chi connectivity index (χ1) is 12.6. The van der Waals surface area contributed by atoms with Gasteiger partial charge in [0.1, 0.15) is 0 Å². The van der Waals surface area contributed by atoms with Gasteiger partial charge in [-0.05, 0) is 12.5 Å². The second-order valence-corrected chi connectivity index (χ2v) is 6.41. The molecule has 0 radical (unpaired) electrons. The third-order valence-electron chi connectivity index (χ3n) is 4.09. The van der Waals surface area contributed by atoms with E-state index in [1.165, 1.54) is 0 Å². The quantitative estimate of drug-likeness (QED) is 0.760. The van der Waals surface area contributed by atoms with E-state index in [9.17, 15) is 4.79 Å². The third-order valence-corrected chi connectivity index (χ3v) is 4.36. The molecule has 3 aromatic heterocycles. The van der Waals surface area contributed by atoms with Crippen molar-refractivity contribution in [3.63, 3.8) is 0 Å². The van der Waals surface area contributed by atoms with Gasteiger partial charge in [-0.25, -0.2) is 9.97 Å². The lowest BCUT2D eigenvalue weighted by molar-refractivity contribution is -0.117. The number of carbonyl (C=O) groups is 1. The zero-order chi connectivity index (χ0) is 18.1. The number of aromatic nitrogens is 5. The average Bonchev–Trinajstić information content (AvgIpc) is 3.25. The molecule has 0 aliphatic carbocycles. The van der Waals surface area contributed by atoms with Gasteiger partial charge in [0.2, 0.25) is 11.9 Å². The molecule has 1 amide bonds. The first kappa shape index (κ1) is 16.5. The Hall–Kier alpha value is -3.00. The highest BCUT2D eigenvalue weighted by Gasteiger charge is 2.22. The topological polar surface area (TPSA) is 88.8 Å². The molecule has 3 aromatic rings. The zero-order valence-electron chi connectivity index (χ0n) is 14.1. The number of amides is 1. The van der Waals surface area contributed by atoms with Crippen LogP contribution < -0.4 is 10.2 Å². The van der Waals surface area contributed by atoms with Crippen LogP contribution in [0.1, 0.15) is 12.8 Å². The number of pyridine rings is 1. The number of carbonyl (C=O) groups excluding carboxylic acids is 1. The number of aryl methyl sites for hydroxylation is 1. The van der Waals surface area contributed by atoms with E-state index in [-0.39, 0.29) is 5.91 Å². The Balaban J connectivity index is 1.61. The van der Waals surface area contributed by atoms with Crippen molar-refractivity contribution in [2.24, 2.45) is 7.05 Å². The Morgan fingerprint density at radius 3 is 2.85 bits per heavy atom. The molecule has 4 rings (SSSR count). The van der Waals surface area contributed by atoms with Crippen LogP contribution in [0.25, 0.3) is 11.3 Å². The molecule has 1 aliphatic rings. The summed E-state index contributed by atoms with van der Waals surface area (Å²) in [7, 11) is 1.83. The molecule has 1 N–H and O–H groups in total. The van der Waals surface area contributed by atoms with Gasteiger partial charge in [0.05, 0.1) is 46.9 Å². The standard InChI is InChI=1S/C17H16ClN7O/c1-24-10-11(6-21-24)16-14(18)9-20-17(23-16)22-12-5-13(8-19-7-12)25-4-2-3-15(25)26/h5-10H,2-4H2,1H3,(H,20,22,23). The van der Waals surface area contributed by atoms with Crippen molar-refractivity contribution in [2.75, 3.05) is 16.8 Å². The molecular formula is C17H16ClN7O. The molecule has 1 saturated heterocycles. The van der Waals surface area contributed by atoms with Crippen molar-refractivity contribution >= 4 is 34.8 Å². The lowest BCUT2D eigenvalue weighted by Crippen LogP contribution is -2.23. The molecule has 1 fully saturated rings. The molecule has 0 atom stereocenters. The maximum absolute atomic E-state index is 11.9. The number of nitrogens with one attached hydrogen (secondary N) is 1. The molecule has 0 unspecified atom stereocenters. The molecule has 8 nitrogen and oxygen atoms in total. The number of hydrogen-bond donors (Lipinski definition) is 1. The third kappa shape index (κ3) is 3.23. The van der Waals surface area contributed by atoms with Gasteiger partial charge < -0.3 is 10.2 Å². The smallest absolute Gasteiger partial charge is 0.227 e. The van der Waals surface area contributed by atoms with Crippen LogP contribution in [0.4, 0.5) is 17.3 Å². The van der Waals surface area contributed by atoms with Gasteiger partial charge in [-0.2, -0.15) is 5.10 Å². The number of anilines is 3. The highest BCUT2D eigenvalue weighted by Crippen LogP contribution is 2.28. The van der Waals surface area contributed by atoms with E-state index >= 15 is 0 Å². The van der Waals surface area contributed by atoms with Crippen molar-refractivity contribution in [2.45, 2.75) is 12.8 Å². The van der Waals surface area contributed by atoms with Crippen LogP contribution >= 0.6 is 11.6 Å². The Bertz CT molecular complexity index is 971. The van der Waals surface area contributed by atoms with Gasteiger partial charge in [-0.15, -0.1) is 0 Å². The highest BCUT2D eigenvalue weighted by atomic mass is 35.5. The summed E-state index contributed by atoms with van der Waals surface area (Å²) in [5.74, 6) is 0.505. The normalized spacial score (nSPS) is 14.1. The summed E-state index contributed by atoms with van der Waals surface area (Å²) in [4.78, 5) is 26.6. The van der Waals surface area contributed by atoms with Crippen LogP contribution in [0.2, 0.25) is 5.02 Å². The molecule has 26 heavy (non-hydrogen) atoms. The first-order valence-corrected chi connectivity index (χ1v) is 8.52. The second kappa shape index (κ2) is 6.72. The minimum atomic E-state index is 0.116. The predicted molar refractivity (Wildman–Crippen MR) is 98.4 cm³/mol. The van der Waals surface area contributed by atoms with Crippen LogP contribution in [0.3, 0.4) is 0 Å². The molecule has 0 bridgehead atoms. The Morgan fingerprint density at radius 1 is 1.23 bits per heavy atom. The van der Waals surface area contributed by atoms with Crippen LogP contribution in [0.5, 0.6) is 0 Å². The summed E-state index contributed by atoms with van der Waals surface area (Å²) >= 11 is 6.22. The average molecular weight is 370 g/mol. The van der Waals surface area contributed by atoms with Crippen LogP contribution in [-0.2, 0) is 11.8 Å². The van der Waals surface area contributed by atoms with E-state index in [1.54, 1.807) is 34.4 Å². The largest absolute Gasteiger partial charge is 0.323 e.